The highest BCUT2D eigenvalue weighted by atomic mass is 32.2. The number of rotatable bonds is 7. The van der Waals surface area contributed by atoms with Crippen molar-refractivity contribution in [1.82, 2.24) is 9.71 Å². The summed E-state index contributed by atoms with van der Waals surface area (Å²) in [4.78, 5) is 14.4. The van der Waals surface area contributed by atoms with Crippen molar-refractivity contribution in [2.75, 3.05) is 6.26 Å². The number of carboxylic acids is 1. The summed E-state index contributed by atoms with van der Waals surface area (Å²) in [6, 6.07) is 0.863. The summed E-state index contributed by atoms with van der Waals surface area (Å²) >= 11 is 0. The first-order chi connectivity index (χ1) is 9.93. The van der Waals surface area contributed by atoms with Crippen LogP contribution in [0.5, 0.6) is 0 Å². The first-order valence-corrected chi connectivity index (χ1v) is 9.72. The molecule has 0 bridgehead atoms. The van der Waals surface area contributed by atoms with Gasteiger partial charge < -0.3 is 5.11 Å². The van der Waals surface area contributed by atoms with Crippen molar-refractivity contribution in [1.29, 1.82) is 0 Å². The van der Waals surface area contributed by atoms with Gasteiger partial charge in [-0.2, -0.15) is 4.72 Å². The molecule has 0 amide bonds. The van der Waals surface area contributed by atoms with Gasteiger partial charge in [0.2, 0.25) is 10.0 Å². The molecule has 124 valence electrons. The standard InChI is InChI=1S/C12H18N2O6S2/c1-8(2)6-10(12(15)16)14-22(19,20)9-4-5-11(13-7-9)21(3,17)18/h4-5,7-8,10,14H,6H2,1-3H3,(H,15,16)/t10-/m1/s1. The predicted octanol–water partition coefficient (Wildman–Crippen LogP) is 0.263. The van der Waals surface area contributed by atoms with E-state index in [1.165, 1.54) is 0 Å². The van der Waals surface area contributed by atoms with E-state index in [1.54, 1.807) is 13.8 Å². The Morgan fingerprint density at radius 1 is 1.27 bits per heavy atom. The third kappa shape index (κ3) is 5.04. The Balaban J connectivity index is 3.06. The Morgan fingerprint density at radius 2 is 1.86 bits per heavy atom. The van der Waals surface area contributed by atoms with Gasteiger partial charge in [0.05, 0.1) is 0 Å². The van der Waals surface area contributed by atoms with E-state index < -0.39 is 31.9 Å². The van der Waals surface area contributed by atoms with Crippen molar-refractivity contribution in [3.8, 4) is 0 Å². The minimum Gasteiger partial charge on any atom is -0.480 e. The summed E-state index contributed by atoms with van der Waals surface area (Å²) in [7, 11) is -7.64. The number of pyridine rings is 1. The second-order valence-electron chi connectivity index (χ2n) is 5.25. The van der Waals surface area contributed by atoms with E-state index in [1.807, 2.05) is 0 Å². The molecule has 1 aromatic rings. The van der Waals surface area contributed by atoms with E-state index in [-0.39, 0.29) is 22.3 Å². The number of hydrogen-bond acceptors (Lipinski definition) is 6. The topological polar surface area (TPSA) is 130 Å². The molecule has 0 radical (unpaired) electrons. The monoisotopic (exact) mass is 350 g/mol. The highest BCUT2D eigenvalue weighted by Crippen LogP contribution is 2.13. The lowest BCUT2D eigenvalue weighted by Crippen LogP contribution is -2.41. The fraction of sp³-hybridized carbons (Fsp3) is 0.500. The number of aromatic nitrogens is 1. The highest BCUT2D eigenvalue weighted by Gasteiger charge is 2.26. The van der Waals surface area contributed by atoms with Crippen LogP contribution in [0.2, 0.25) is 0 Å². The fourth-order valence-electron chi connectivity index (χ4n) is 1.67. The number of carbonyl (C=O) groups is 1. The minimum atomic E-state index is -4.10. The van der Waals surface area contributed by atoms with E-state index in [0.29, 0.717) is 0 Å². The zero-order chi connectivity index (χ0) is 17.1. The van der Waals surface area contributed by atoms with Crippen molar-refractivity contribution in [2.45, 2.75) is 36.2 Å². The van der Waals surface area contributed by atoms with Crippen LogP contribution in [0.3, 0.4) is 0 Å². The van der Waals surface area contributed by atoms with Gasteiger partial charge in [0.1, 0.15) is 10.9 Å². The first-order valence-electron chi connectivity index (χ1n) is 6.34. The second-order valence-corrected chi connectivity index (χ2v) is 8.92. The maximum absolute atomic E-state index is 12.1. The molecule has 0 aliphatic heterocycles. The lowest BCUT2D eigenvalue weighted by Gasteiger charge is -2.16. The summed E-state index contributed by atoms with van der Waals surface area (Å²) in [5.74, 6) is -1.30. The maximum atomic E-state index is 12.1. The number of nitrogens with zero attached hydrogens (tertiary/aromatic N) is 1. The molecule has 1 aromatic heterocycles. The van der Waals surface area contributed by atoms with Gasteiger partial charge in [-0.25, -0.2) is 21.8 Å². The zero-order valence-electron chi connectivity index (χ0n) is 12.3. The van der Waals surface area contributed by atoms with Crippen LogP contribution in [-0.4, -0.2) is 45.2 Å². The van der Waals surface area contributed by atoms with E-state index in [0.717, 1.165) is 24.6 Å². The van der Waals surface area contributed by atoms with Crippen LogP contribution >= 0.6 is 0 Å². The zero-order valence-corrected chi connectivity index (χ0v) is 14.0. The molecule has 1 heterocycles. The third-order valence-electron chi connectivity index (χ3n) is 2.70. The van der Waals surface area contributed by atoms with E-state index in [4.69, 9.17) is 5.11 Å². The number of carboxylic acid groups (broad SMARTS) is 1. The van der Waals surface area contributed by atoms with Gasteiger partial charge in [0.25, 0.3) is 0 Å². The molecule has 0 unspecified atom stereocenters. The Hall–Kier alpha value is -1.52. The number of nitrogens with one attached hydrogen (secondary N) is 1. The van der Waals surface area contributed by atoms with Crippen molar-refractivity contribution >= 4 is 25.8 Å². The number of aliphatic carboxylic acids is 1. The molecule has 1 atom stereocenters. The van der Waals surface area contributed by atoms with E-state index >= 15 is 0 Å². The smallest absolute Gasteiger partial charge is 0.321 e. The molecule has 2 N–H and O–H groups in total. The summed E-state index contributed by atoms with van der Waals surface area (Å²) in [5, 5.41) is 8.80. The SMILES string of the molecule is CC(C)C[C@@H](NS(=O)(=O)c1ccc(S(C)(=O)=O)nc1)C(=O)O. The van der Waals surface area contributed by atoms with E-state index in [2.05, 4.69) is 9.71 Å². The molecule has 1 rings (SSSR count). The quantitative estimate of drug-likeness (QED) is 0.721. The van der Waals surface area contributed by atoms with Crippen LogP contribution in [0.15, 0.2) is 28.3 Å². The fourth-order valence-corrected chi connectivity index (χ4v) is 3.38. The van der Waals surface area contributed by atoms with Gasteiger partial charge in [-0.1, -0.05) is 13.8 Å². The number of hydrogen-bond donors (Lipinski definition) is 2. The van der Waals surface area contributed by atoms with Gasteiger partial charge >= 0.3 is 5.97 Å². The normalized spacial score (nSPS) is 14.0. The molecule has 0 saturated carbocycles. The highest BCUT2D eigenvalue weighted by molar-refractivity contribution is 7.90. The lowest BCUT2D eigenvalue weighted by molar-refractivity contribution is -0.139. The van der Waals surface area contributed by atoms with Crippen LogP contribution in [0, 0.1) is 5.92 Å². The summed E-state index contributed by atoms with van der Waals surface area (Å²) in [6.07, 6.45) is 1.96. The van der Waals surface area contributed by atoms with E-state index in [9.17, 15) is 21.6 Å². The van der Waals surface area contributed by atoms with Crippen LogP contribution in [0.1, 0.15) is 20.3 Å². The molecule has 0 aliphatic carbocycles. The van der Waals surface area contributed by atoms with Crippen LogP contribution in [0.25, 0.3) is 0 Å². The molecule has 8 nitrogen and oxygen atoms in total. The minimum absolute atomic E-state index is 0.0189. The molecule has 22 heavy (non-hydrogen) atoms. The molecule has 0 aromatic carbocycles. The Morgan fingerprint density at radius 3 is 2.23 bits per heavy atom. The maximum Gasteiger partial charge on any atom is 0.321 e. The van der Waals surface area contributed by atoms with Crippen LogP contribution < -0.4 is 4.72 Å². The molecule has 10 heteroatoms. The second kappa shape index (κ2) is 6.71. The van der Waals surface area contributed by atoms with Gasteiger partial charge in [0, 0.05) is 12.5 Å². The number of sulfonamides is 1. The summed E-state index contributed by atoms with van der Waals surface area (Å²) in [5.41, 5.74) is 0. The molecule has 0 aliphatic rings. The van der Waals surface area contributed by atoms with Crippen molar-refractivity contribution in [3.63, 3.8) is 0 Å². The third-order valence-corrected chi connectivity index (χ3v) is 5.16. The Kier molecular flexibility index (Phi) is 5.65. The van der Waals surface area contributed by atoms with Crippen LogP contribution in [0.4, 0.5) is 0 Å². The number of sulfone groups is 1. The van der Waals surface area contributed by atoms with Crippen LogP contribution in [-0.2, 0) is 24.7 Å². The van der Waals surface area contributed by atoms with Crippen molar-refractivity contribution < 1.29 is 26.7 Å². The average Bonchev–Trinajstić information content (AvgIpc) is 2.36. The van der Waals surface area contributed by atoms with Gasteiger partial charge in [0.15, 0.2) is 14.9 Å². The molecular weight excluding hydrogens is 332 g/mol. The van der Waals surface area contributed by atoms with Crippen molar-refractivity contribution in [3.05, 3.63) is 18.3 Å². The van der Waals surface area contributed by atoms with Gasteiger partial charge in [-0.3, -0.25) is 4.79 Å². The average molecular weight is 350 g/mol. The Bertz CT molecular complexity index is 738. The predicted molar refractivity (Wildman–Crippen MR) is 78.5 cm³/mol. The molecule has 0 fully saturated rings. The summed E-state index contributed by atoms with van der Waals surface area (Å²) < 4.78 is 48.9. The lowest BCUT2D eigenvalue weighted by atomic mass is 10.1. The summed E-state index contributed by atoms with van der Waals surface area (Å²) in [6.45, 7) is 3.54. The molecular formula is C12H18N2O6S2. The van der Waals surface area contributed by atoms with Gasteiger partial charge in [-0.05, 0) is 24.5 Å². The van der Waals surface area contributed by atoms with Crippen molar-refractivity contribution in [2.24, 2.45) is 5.92 Å². The molecule has 0 saturated heterocycles. The van der Waals surface area contributed by atoms with Gasteiger partial charge in [-0.15, -0.1) is 0 Å². The largest absolute Gasteiger partial charge is 0.480 e. The molecule has 0 spiro atoms. The Labute approximate surface area is 129 Å². The first kappa shape index (κ1) is 18.5.